The number of rotatable bonds is 5. The van der Waals surface area contributed by atoms with E-state index in [9.17, 15) is 4.79 Å². The predicted molar refractivity (Wildman–Crippen MR) is 116 cm³/mol. The van der Waals surface area contributed by atoms with Crippen LogP contribution in [0.15, 0.2) is 75.8 Å². The Labute approximate surface area is 169 Å². The van der Waals surface area contributed by atoms with Crippen molar-refractivity contribution in [2.24, 2.45) is 4.99 Å². The maximum absolute atomic E-state index is 12.7. The summed E-state index contributed by atoms with van der Waals surface area (Å²) in [6.07, 6.45) is 3.62. The number of thioether (sulfide) groups is 1. The minimum atomic E-state index is -0.0492. The smallest absolute Gasteiger partial charge is 0.267 e. The lowest BCUT2D eigenvalue weighted by Gasteiger charge is -2.11. The zero-order valence-corrected chi connectivity index (χ0v) is 16.7. The number of benzene rings is 1. The molecule has 1 aromatic carbocycles. The lowest BCUT2D eigenvalue weighted by atomic mass is 10.2. The van der Waals surface area contributed by atoms with Gasteiger partial charge in [0.2, 0.25) is 5.13 Å². The minimum absolute atomic E-state index is 0.0492. The first-order valence-electron chi connectivity index (χ1n) is 8.20. The van der Waals surface area contributed by atoms with Crippen molar-refractivity contribution < 1.29 is 4.79 Å². The highest BCUT2D eigenvalue weighted by molar-refractivity contribution is 8.18. The standard InChI is InChI=1S/C20H15N3OS3/c1-2-10-23-18(24)17(12-15-9-6-11-25-15)27-20(23)22-19-21-16(13-26-19)14-7-4-3-5-8-14/h2-9,11-13H,1,10H2/b17-12+,22-20+. The Morgan fingerprint density at radius 2 is 2.00 bits per heavy atom. The van der Waals surface area contributed by atoms with Crippen LogP contribution in [0.4, 0.5) is 5.13 Å². The third-order valence-corrected chi connectivity index (χ3v) is 6.33. The summed E-state index contributed by atoms with van der Waals surface area (Å²) in [5.74, 6) is -0.0492. The van der Waals surface area contributed by atoms with Crippen LogP contribution in [0.2, 0.25) is 0 Å². The van der Waals surface area contributed by atoms with E-state index in [0.717, 1.165) is 16.1 Å². The quantitative estimate of drug-likeness (QED) is 0.403. The number of carbonyl (C=O) groups is 1. The van der Waals surface area contributed by atoms with Gasteiger partial charge in [0.05, 0.1) is 10.6 Å². The van der Waals surface area contributed by atoms with Gasteiger partial charge in [0, 0.05) is 22.4 Å². The Morgan fingerprint density at radius 1 is 1.15 bits per heavy atom. The van der Waals surface area contributed by atoms with Crippen LogP contribution >= 0.6 is 34.4 Å². The van der Waals surface area contributed by atoms with Crippen LogP contribution in [0.5, 0.6) is 0 Å². The molecule has 1 saturated heterocycles. The van der Waals surface area contributed by atoms with Crippen LogP contribution < -0.4 is 0 Å². The van der Waals surface area contributed by atoms with Gasteiger partial charge < -0.3 is 0 Å². The van der Waals surface area contributed by atoms with E-state index >= 15 is 0 Å². The molecule has 4 rings (SSSR count). The Bertz CT molecular complexity index is 1020. The van der Waals surface area contributed by atoms with Crippen LogP contribution in [-0.2, 0) is 4.79 Å². The third-order valence-electron chi connectivity index (χ3n) is 3.77. The number of hydrogen-bond acceptors (Lipinski definition) is 6. The van der Waals surface area contributed by atoms with Crippen molar-refractivity contribution in [3.63, 3.8) is 0 Å². The fourth-order valence-electron chi connectivity index (χ4n) is 2.52. The highest BCUT2D eigenvalue weighted by Crippen LogP contribution is 2.36. The van der Waals surface area contributed by atoms with E-state index in [1.165, 1.54) is 23.1 Å². The van der Waals surface area contributed by atoms with Crippen molar-refractivity contribution in [2.45, 2.75) is 0 Å². The van der Waals surface area contributed by atoms with Gasteiger partial charge in [0.1, 0.15) is 0 Å². The summed E-state index contributed by atoms with van der Waals surface area (Å²) >= 11 is 4.45. The molecule has 3 heterocycles. The Morgan fingerprint density at radius 3 is 2.74 bits per heavy atom. The van der Waals surface area contributed by atoms with Gasteiger partial charge in [-0.2, -0.15) is 4.99 Å². The molecule has 3 aromatic rings. The first-order valence-corrected chi connectivity index (χ1v) is 10.8. The maximum atomic E-state index is 12.7. The van der Waals surface area contributed by atoms with Gasteiger partial charge in [-0.25, -0.2) is 4.98 Å². The van der Waals surface area contributed by atoms with Crippen molar-refractivity contribution in [2.75, 3.05) is 6.54 Å². The van der Waals surface area contributed by atoms with Gasteiger partial charge in [-0.3, -0.25) is 9.69 Å². The summed E-state index contributed by atoms with van der Waals surface area (Å²) in [7, 11) is 0. The number of aromatic nitrogens is 1. The predicted octanol–water partition coefficient (Wildman–Crippen LogP) is 5.66. The van der Waals surface area contributed by atoms with E-state index in [-0.39, 0.29) is 5.91 Å². The van der Waals surface area contributed by atoms with Gasteiger partial charge in [0.15, 0.2) is 5.17 Å². The summed E-state index contributed by atoms with van der Waals surface area (Å²) in [5, 5.41) is 5.25. The highest BCUT2D eigenvalue weighted by atomic mass is 32.2. The Kier molecular flexibility index (Phi) is 5.33. The van der Waals surface area contributed by atoms with E-state index in [1.54, 1.807) is 22.3 Å². The van der Waals surface area contributed by atoms with Crippen molar-refractivity contribution >= 4 is 56.7 Å². The fourth-order valence-corrected chi connectivity index (χ4v) is 4.99. The fraction of sp³-hybridized carbons (Fsp3) is 0.0500. The largest absolute Gasteiger partial charge is 0.282 e. The van der Waals surface area contributed by atoms with Crippen LogP contribution in [0.3, 0.4) is 0 Å². The molecule has 7 heteroatoms. The number of amidine groups is 1. The molecule has 0 saturated carbocycles. The molecule has 0 N–H and O–H groups in total. The summed E-state index contributed by atoms with van der Waals surface area (Å²) in [5.41, 5.74) is 1.94. The maximum Gasteiger partial charge on any atom is 0.267 e. The molecule has 0 unspecified atom stereocenters. The lowest BCUT2D eigenvalue weighted by molar-refractivity contribution is -0.121. The van der Waals surface area contributed by atoms with Gasteiger partial charge in [-0.1, -0.05) is 42.5 Å². The van der Waals surface area contributed by atoms with E-state index in [2.05, 4.69) is 16.6 Å². The van der Waals surface area contributed by atoms with E-state index in [4.69, 9.17) is 0 Å². The molecule has 27 heavy (non-hydrogen) atoms. The second kappa shape index (κ2) is 8.04. The average molecular weight is 410 g/mol. The monoisotopic (exact) mass is 409 g/mol. The lowest BCUT2D eigenvalue weighted by Crippen LogP contribution is -2.29. The van der Waals surface area contributed by atoms with Crippen molar-refractivity contribution in [3.05, 3.63) is 75.7 Å². The number of thiophene rings is 1. The first-order chi connectivity index (χ1) is 13.2. The zero-order valence-electron chi connectivity index (χ0n) is 14.2. The molecule has 1 amide bonds. The number of carbonyl (C=O) groups excluding carboxylic acids is 1. The molecule has 1 aliphatic heterocycles. The number of amides is 1. The third kappa shape index (κ3) is 3.95. The molecule has 0 atom stereocenters. The van der Waals surface area contributed by atoms with E-state index < -0.39 is 0 Å². The van der Waals surface area contributed by atoms with Crippen molar-refractivity contribution in [1.29, 1.82) is 0 Å². The number of hydrogen-bond donors (Lipinski definition) is 0. The molecule has 1 aliphatic rings. The van der Waals surface area contributed by atoms with Crippen LogP contribution in [-0.4, -0.2) is 27.5 Å². The molecule has 0 aliphatic carbocycles. The zero-order chi connectivity index (χ0) is 18.6. The molecule has 0 radical (unpaired) electrons. The number of thiazole rings is 1. The van der Waals surface area contributed by atoms with Crippen LogP contribution in [0.1, 0.15) is 4.88 Å². The number of aliphatic imine (C=N–C) groups is 1. The van der Waals surface area contributed by atoms with Gasteiger partial charge in [0.25, 0.3) is 5.91 Å². The van der Waals surface area contributed by atoms with Crippen LogP contribution in [0, 0.1) is 0 Å². The summed E-state index contributed by atoms with van der Waals surface area (Å²) < 4.78 is 0. The average Bonchev–Trinajstić information content (AvgIpc) is 3.42. The minimum Gasteiger partial charge on any atom is -0.282 e. The molecular formula is C20H15N3OS3. The topological polar surface area (TPSA) is 45.6 Å². The normalized spacial score (nSPS) is 17.2. The van der Waals surface area contributed by atoms with Gasteiger partial charge >= 0.3 is 0 Å². The first kappa shape index (κ1) is 17.9. The SMILES string of the molecule is C=CCN1C(=O)/C(=C\c2cccs2)S/C1=N/c1nc(-c2ccccc2)cs1. The van der Waals surface area contributed by atoms with Gasteiger partial charge in [-0.05, 0) is 29.3 Å². The molecule has 2 aromatic heterocycles. The van der Waals surface area contributed by atoms with Crippen LogP contribution in [0.25, 0.3) is 17.3 Å². The Hall–Kier alpha value is -2.48. The molecular weight excluding hydrogens is 394 g/mol. The molecule has 134 valence electrons. The van der Waals surface area contributed by atoms with Gasteiger partial charge in [-0.15, -0.1) is 29.3 Å². The molecule has 4 nitrogen and oxygen atoms in total. The summed E-state index contributed by atoms with van der Waals surface area (Å²) in [6, 6.07) is 14.0. The second-order valence-electron chi connectivity index (χ2n) is 5.61. The summed E-state index contributed by atoms with van der Waals surface area (Å²) in [4.78, 5) is 25.3. The Balaban J connectivity index is 1.64. The second-order valence-corrected chi connectivity index (χ2v) is 8.43. The van der Waals surface area contributed by atoms with Crippen molar-refractivity contribution in [1.82, 2.24) is 9.88 Å². The van der Waals surface area contributed by atoms with E-state index in [0.29, 0.717) is 21.7 Å². The summed E-state index contributed by atoms with van der Waals surface area (Å²) in [6.45, 7) is 4.18. The van der Waals surface area contributed by atoms with Crippen molar-refractivity contribution in [3.8, 4) is 11.3 Å². The van der Waals surface area contributed by atoms with E-state index in [1.807, 2.05) is 59.3 Å². The molecule has 1 fully saturated rings. The highest BCUT2D eigenvalue weighted by Gasteiger charge is 2.33. The molecule has 0 spiro atoms. The number of nitrogens with zero attached hydrogens (tertiary/aromatic N) is 3. The molecule has 0 bridgehead atoms.